The van der Waals surface area contributed by atoms with E-state index >= 15 is 0 Å². The highest BCUT2D eigenvalue weighted by Crippen LogP contribution is 2.28. The van der Waals surface area contributed by atoms with E-state index in [-0.39, 0.29) is 17.2 Å². The van der Waals surface area contributed by atoms with Crippen molar-refractivity contribution in [3.05, 3.63) is 39.7 Å². The molecular weight excluding hydrogens is 242 g/mol. The number of halogens is 2. The minimum absolute atomic E-state index is 0.177. The topological polar surface area (TPSA) is 38.9 Å². The van der Waals surface area contributed by atoms with E-state index in [2.05, 4.69) is 4.98 Å². The van der Waals surface area contributed by atoms with Gasteiger partial charge >= 0.3 is 0 Å². The van der Waals surface area contributed by atoms with Crippen LogP contribution >= 0.6 is 11.3 Å². The molecule has 1 atom stereocenters. The third kappa shape index (κ3) is 2.35. The van der Waals surface area contributed by atoms with Crippen molar-refractivity contribution in [2.75, 3.05) is 0 Å². The van der Waals surface area contributed by atoms with Gasteiger partial charge in [-0.15, -0.1) is 11.3 Å². The zero-order valence-electron chi connectivity index (χ0n) is 9.50. The summed E-state index contributed by atoms with van der Waals surface area (Å²) in [7, 11) is 0. The fraction of sp³-hybridized carbons (Fsp3) is 0.250. The molecular formula is C12H12F2N2S. The first-order chi connectivity index (χ1) is 7.99. The second-order valence-corrected chi connectivity index (χ2v) is 4.83. The predicted molar refractivity (Wildman–Crippen MR) is 64.8 cm³/mol. The van der Waals surface area contributed by atoms with Gasteiger partial charge < -0.3 is 5.73 Å². The summed E-state index contributed by atoms with van der Waals surface area (Å²) < 4.78 is 27.1. The van der Waals surface area contributed by atoms with Crippen LogP contribution in [-0.4, -0.2) is 4.98 Å². The first-order valence-electron chi connectivity index (χ1n) is 5.16. The number of aromatic nitrogens is 1. The van der Waals surface area contributed by atoms with E-state index in [0.29, 0.717) is 10.7 Å². The van der Waals surface area contributed by atoms with Crippen LogP contribution in [0.2, 0.25) is 0 Å². The third-order valence-corrected chi connectivity index (χ3v) is 3.48. The minimum atomic E-state index is -0.467. The molecule has 1 heterocycles. The second-order valence-electron chi connectivity index (χ2n) is 3.94. The minimum Gasteiger partial charge on any atom is -0.322 e. The maximum atomic E-state index is 13.7. The molecule has 17 heavy (non-hydrogen) atoms. The largest absolute Gasteiger partial charge is 0.322 e. The van der Waals surface area contributed by atoms with Gasteiger partial charge in [-0.1, -0.05) is 0 Å². The van der Waals surface area contributed by atoms with Crippen molar-refractivity contribution in [1.29, 1.82) is 0 Å². The molecule has 0 bridgehead atoms. The van der Waals surface area contributed by atoms with Gasteiger partial charge in [-0.25, -0.2) is 13.8 Å². The Labute approximate surface area is 102 Å². The van der Waals surface area contributed by atoms with Crippen LogP contribution in [0.25, 0.3) is 11.3 Å². The van der Waals surface area contributed by atoms with Crippen LogP contribution in [0.4, 0.5) is 8.78 Å². The van der Waals surface area contributed by atoms with Crippen molar-refractivity contribution < 1.29 is 8.78 Å². The molecule has 2 nitrogen and oxygen atoms in total. The van der Waals surface area contributed by atoms with E-state index in [1.165, 1.54) is 30.4 Å². The molecule has 0 saturated heterocycles. The summed E-state index contributed by atoms with van der Waals surface area (Å²) in [5.41, 5.74) is 6.57. The maximum Gasteiger partial charge on any atom is 0.133 e. The Kier molecular flexibility index (Phi) is 3.22. The zero-order valence-corrected chi connectivity index (χ0v) is 10.3. The summed E-state index contributed by atoms with van der Waals surface area (Å²) in [6.45, 7) is 3.32. The predicted octanol–water partition coefficient (Wildman–Crippen LogP) is 3.42. The highest BCUT2D eigenvalue weighted by molar-refractivity contribution is 7.10. The molecule has 2 N–H and O–H groups in total. The van der Waals surface area contributed by atoms with Gasteiger partial charge in [0.15, 0.2) is 0 Å². The average molecular weight is 254 g/mol. The van der Waals surface area contributed by atoms with Crippen molar-refractivity contribution >= 4 is 11.3 Å². The third-order valence-electron chi connectivity index (χ3n) is 2.44. The van der Waals surface area contributed by atoms with Gasteiger partial charge in [-0.05, 0) is 31.5 Å². The van der Waals surface area contributed by atoms with Crippen LogP contribution in [0.15, 0.2) is 17.5 Å². The fourth-order valence-electron chi connectivity index (χ4n) is 1.46. The van der Waals surface area contributed by atoms with E-state index in [1.54, 1.807) is 12.3 Å². The number of aryl methyl sites for hydroxylation is 1. The molecule has 0 aliphatic heterocycles. The van der Waals surface area contributed by atoms with Crippen LogP contribution < -0.4 is 5.73 Å². The summed E-state index contributed by atoms with van der Waals surface area (Å²) in [5, 5.41) is 2.40. The summed E-state index contributed by atoms with van der Waals surface area (Å²) in [6.07, 6.45) is 0. The zero-order chi connectivity index (χ0) is 12.6. The summed E-state index contributed by atoms with van der Waals surface area (Å²) in [5.74, 6) is -0.901. The molecule has 0 fully saturated rings. The van der Waals surface area contributed by atoms with Gasteiger partial charge in [0, 0.05) is 10.9 Å². The molecule has 1 aromatic heterocycles. The molecule has 0 aliphatic carbocycles. The van der Waals surface area contributed by atoms with Gasteiger partial charge in [-0.3, -0.25) is 0 Å². The van der Waals surface area contributed by atoms with Gasteiger partial charge in [0.2, 0.25) is 0 Å². The number of hydrogen-bond donors (Lipinski definition) is 1. The normalized spacial score (nSPS) is 12.8. The lowest BCUT2D eigenvalue weighted by Gasteiger charge is -2.03. The molecule has 0 amide bonds. The van der Waals surface area contributed by atoms with Gasteiger partial charge in [0.05, 0.1) is 11.7 Å². The molecule has 5 heteroatoms. The molecule has 2 rings (SSSR count). The monoisotopic (exact) mass is 254 g/mol. The molecule has 0 radical (unpaired) electrons. The van der Waals surface area contributed by atoms with Crippen LogP contribution in [0, 0.1) is 18.6 Å². The first-order valence-corrected chi connectivity index (χ1v) is 6.04. The average Bonchev–Trinajstić information content (AvgIpc) is 2.72. The summed E-state index contributed by atoms with van der Waals surface area (Å²) >= 11 is 1.35. The number of nitrogens with zero attached hydrogens (tertiary/aromatic N) is 1. The van der Waals surface area contributed by atoms with Crippen molar-refractivity contribution in [2.45, 2.75) is 19.9 Å². The Balaban J connectivity index is 2.49. The number of hydrogen-bond acceptors (Lipinski definition) is 3. The highest BCUT2D eigenvalue weighted by atomic mass is 32.1. The second kappa shape index (κ2) is 4.50. The van der Waals surface area contributed by atoms with Crippen LogP contribution in [0.5, 0.6) is 0 Å². The van der Waals surface area contributed by atoms with Gasteiger partial charge in [-0.2, -0.15) is 0 Å². The van der Waals surface area contributed by atoms with Crippen LogP contribution in [-0.2, 0) is 0 Å². The molecule has 2 aromatic rings. The van der Waals surface area contributed by atoms with Crippen molar-refractivity contribution in [1.82, 2.24) is 4.98 Å². The molecule has 90 valence electrons. The Morgan fingerprint density at radius 1 is 1.29 bits per heavy atom. The van der Waals surface area contributed by atoms with E-state index in [4.69, 9.17) is 5.73 Å². The van der Waals surface area contributed by atoms with Gasteiger partial charge in [0.25, 0.3) is 0 Å². The number of thiazole rings is 1. The lowest BCUT2D eigenvalue weighted by Crippen LogP contribution is -2.04. The van der Waals surface area contributed by atoms with Crippen molar-refractivity contribution in [3.8, 4) is 11.3 Å². The van der Waals surface area contributed by atoms with Gasteiger partial charge in [0.1, 0.15) is 16.6 Å². The van der Waals surface area contributed by atoms with Crippen LogP contribution in [0.3, 0.4) is 0 Å². The lowest BCUT2D eigenvalue weighted by atomic mass is 10.1. The van der Waals surface area contributed by atoms with Crippen molar-refractivity contribution in [2.24, 2.45) is 5.73 Å². The van der Waals surface area contributed by atoms with E-state index in [0.717, 1.165) is 0 Å². The van der Waals surface area contributed by atoms with Crippen LogP contribution in [0.1, 0.15) is 23.5 Å². The molecule has 0 spiro atoms. The standard InChI is InChI=1S/C12H12F2N2S/c1-6-3-10(14)8(4-9(6)13)11-5-17-12(16-11)7(2)15/h3-5,7H,15H2,1-2H3. The Bertz CT molecular complexity index is 549. The van der Waals surface area contributed by atoms with E-state index < -0.39 is 11.6 Å². The highest BCUT2D eigenvalue weighted by Gasteiger charge is 2.13. The number of benzene rings is 1. The SMILES string of the molecule is Cc1cc(F)c(-c2csc(C(C)N)n2)cc1F. The number of rotatable bonds is 2. The maximum absolute atomic E-state index is 13.7. The fourth-order valence-corrected chi connectivity index (χ4v) is 2.24. The van der Waals surface area contributed by atoms with E-state index in [1.807, 2.05) is 0 Å². The lowest BCUT2D eigenvalue weighted by molar-refractivity contribution is 0.595. The Morgan fingerprint density at radius 2 is 2.00 bits per heavy atom. The molecule has 1 unspecified atom stereocenters. The van der Waals surface area contributed by atoms with Crippen molar-refractivity contribution in [3.63, 3.8) is 0 Å². The summed E-state index contributed by atoms with van der Waals surface area (Å²) in [6, 6.07) is 2.15. The number of nitrogens with two attached hydrogens (primary N) is 1. The molecule has 0 saturated carbocycles. The molecule has 0 aliphatic rings. The first kappa shape index (κ1) is 12.1. The van der Waals surface area contributed by atoms with E-state index in [9.17, 15) is 8.78 Å². The Hall–Kier alpha value is -1.33. The smallest absolute Gasteiger partial charge is 0.133 e. The Morgan fingerprint density at radius 3 is 2.59 bits per heavy atom. The quantitative estimate of drug-likeness (QED) is 0.891. The summed E-state index contributed by atoms with van der Waals surface area (Å²) in [4.78, 5) is 4.20. The molecule has 1 aromatic carbocycles.